The number of hydrogen-bond acceptors (Lipinski definition) is 4. The minimum atomic E-state index is 0.546. The van der Waals surface area contributed by atoms with E-state index in [0.29, 0.717) is 5.82 Å². The molecule has 0 unspecified atom stereocenters. The van der Waals surface area contributed by atoms with Gasteiger partial charge in [-0.1, -0.05) is 6.07 Å². The number of likely N-dealkylation sites (N-methyl/N-ethyl adjacent to an activating group) is 1. The Kier molecular flexibility index (Phi) is 3.35. The third-order valence-corrected chi connectivity index (χ3v) is 1.45. The Morgan fingerprint density at radius 2 is 2.25 bits per heavy atom. The fourth-order valence-electron chi connectivity index (χ4n) is 0.865. The lowest BCUT2D eigenvalue weighted by Gasteiger charge is -2.04. The van der Waals surface area contributed by atoms with E-state index in [1.807, 2.05) is 19.2 Å². The molecule has 0 aliphatic heterocycles. The van der Waals surface area contributed by atoms with E-state index in [-0.39, 0.29) is 0 Å². The minimum absolute atomic E-state index is 0.546. The van der Waals surface area contributed by atoms with Gasteiger partial charge in [0.2, 0.25) is 0 Å². The molecule has 0 aliphatic carbocycles. The highest BCUT2D eigenvalue weighted by Gasteiger charge is 1.91. The van der Waals surface area contributed by atoms with Crippen LogP contribution >= 0.6 is 0 Å². The van der Waals surface area contributed by atoms with Crippen molar-refractivity contribution in [3.63, 3.8) is 0 Å². The zero-order valence-electron chi connectivity index (χ0n) is 7.17. The maximum atomic E-state index is 5.50. The van der Waals surface area contributed by atoms with Gasteiger partial charge in [0.05, 0.1) is 0 Å². The summed E-state index contributed by atoms with van der Waals surface area (Å²) in [5.74, 6) is 1.37. The summed E-state index contributed by atoms with van der Waals surface area (Å²) >= 11 is 0. The average Bonchev–Trinajstić information content (AvgIpc) is 2.05. The highest BCUT2D eigenvalue weighted by Crippen LogP contribution is 2.04. The van der Waals surface area contributed by atoms with Gasteiger partial charge in [0.25, 0.3) is 0 Å². The summed E-state index contributed by atoms with van der Waals surface area (Å²) in [5.41, 5.74) is 5.50. The first-order valence-corrected chi connectivity index (χ1v) is 3.94. The standard InChI is InChI=1S/C8H14N4/c1-10-5-6-11-8-4-2-3-7(9)12-8/h2-4,10H,5-6H2,1H3,(H3,9,11,12). The number of anilines is 2. The summed E-state index contributed by atoms with van der Waals surface area (Å²) in [6, 6.07) is 5.54. The third kappa shape index (κ3) is 2.75. The Balaban J connectivity index is 2.41. The lowest BCUT2D eigenvalue weighted by molar-refractivity contribution is 0.821. The monoisotopic (exact) mass is 166 g/mol. The molecule has 12 heavy (non-hydrogen) atoms. The molecule has 1 aromatic rings. The SMILES string of the molecule is CNCCNc1cccc(N)n1. The molecule has 0 spiro atoms. The normalized spacial score (nSPS) is 9.75. The third-order valence-electron chi connectivity index (χ3n) is 1.45. The van der Waals surface area contributed by atoms with Crippen LogP contribution in [0, 0.1) is 0 Å². The van der Waals surface area contributed by atoms with Gasteiger partial charge in [0.1, 0.15) is 11.6 Å². The second-order valence-corrected chi connectivity index (χ2v) is 2.48. The van der Waals surface area contributed by atoms with Crippen LogP contribution in [-0.4, -0.2) is 25.1 Å². The van der Waals surface area contributed by atoms with E-state index in [1.165, 1.54) is 0 Å². The van der Waals surface area contributed by atoms with Crippen molar-refractivity contribution in [2.45, 2.75) is 0 Å². The number of aromatic nitrogens is 1. The molecule has 0 bridgehead atoms. The van der Waals surface area contributed by atoms with E-state index in [1.54, 1.807) is 6.07 Å². The van der Waals surface area contributed by atoms with Crippen molar-refractivity contribution in [3.8, 4) is 0 Å². The number of nitrogen functional groups attached to an aromatic ring is 1. The predicted octanol–water partition coefficient (Wildman–Crippen LogP) is 0.295. The molecule has 4 heteroatoms. The maximum absolute atomic E-state index is 5.50. The van der Waals surface area contributed by atoms with Gasteiger partial charge < -0.3 is 16.4 Å². The lowest BCUT2D eigenvalue weighted by atomic mass is 10.4. The summed E-state index contributed by atoms with van der Waals surface area (Å²) in [4.78, 5) is 4.08. The Labute approximate surface area is 72.2 Å². The summed E-state index contributed by atoms with van der Waals surface area (Å²) in [5, 5.41) is 6.16. The molecule has 4 N–H and O–H groups in total. The first-order chi connectivity index (χ1) is 5.83. The molecule has 0 radical (unpaired) electrons. The van der Waals surface area contributed by atoms with Crippen LogP contribution in [0.25, 0.3) is 0 Å². The molecule has 0 aliphatic rings. The highest BCUT2D eigenvalue weighted by atomic mass is 15.0. The van der Waals surface area contributed by atoms with Gasteiger partial charge >= 0.3 is 0 Å². The Bertz CT molecular complexity index is 236. The van der Waals surface area contributed by atoms with Crippen LogP contribution in [-0.2, 0) is 0 Å². The van der Waals surface area contributed by atoms with Gasteiger partial charge in [0.15, 0.2) is 0 Å². The van der Waals surface area contributed by atoms with Crippen LogP contribution in [0.4, 0.5) is 11.6 Å². The van der Waals surface area contributed by atoms with Crippen molar-refractivity contribution in [2.24, 2.45) is 0 Å². The molecule has 1 aromatic heterocycles. The number of nitrogens with one attached hydrogen (secondary N) is 2. The zero-order valence-corrected chi connectivity index (χ0v) is 7.17. The first-order valence-electron chi connectivity index (χ1n) is 3.94. The smallest absolute Gasteiger partial charge is 0.128 e. The molecule has 0 aromatic carbocycles. The molecule has 1 heterocycles. The van der Waals surface area contributed by atoms with E-state index in [2.05, 4.69) is 15.6 Å². The first kappa shape index (κ1) is 8.80. The fourth-order valence-corrected chi connectivity index (χ4v) is 0.865. The van der Waals surface area contributed by atoms with Crippen molar-refractivity contribution in [2.75, 3.05) is 31.2 Å². The van der Waals surface area contributed by atoms with Crippen molar-refractivity contribution in [3.05, 3.63) is 18.2 Å². The molecule has 0 saturated carbocycles. The molecule has 0 amide bonds. The van der Waals surface area contributed by atoms with Gasteiger partial charge in [-0.2, -0.15) is 0 Å². The molecular weight excluding hydrogens is 152 g/mol. The average molecular weight is 166 g/mol. The summed E-state index contributed by atoms with van der Waals surface area (Å²) in [6.45, 7) is 1.77. The van der Waals surface area contributed by atoms with E-state index in [0.717, 1.165) is 18.9 Å². The van der Waals surface area contributed by atoms with Crippen LogP contribution in [0.3, 0.4) is 0 Å². The van der Waals surface area contributed by atoms with Gasteiger partial charge in [0, 0.05) is 13.1 Å². The quantitative estimate of drug-likeness (QED) is 0.563. The number of hydrogen-bond donors (Lipinski definition) is 3. The molecule has 0 fully saturated rings. The molecule has 4 nitrogen and oxygen atoms in total. The maximum Gasteiger partial charge on any atom is 0.128 e. The minimum Gasteiger partial charge on any atom is -0.384 e. The second-order valence-electron chi connectivity index (χ2n) is 2.48. The predicted molar refractivity (Wildman–Crippen MR) is 51.1 cm³/mol. The van der Waals surface area contributed by atoms with E-state index < -0.39 is 0 Å². The highest BCUT2D eigenvalue weighted by molar-refractivity contribution is 5.41. The molecule has 0 atom stereocenters. The van der Waals surface area contributed by atoms with Gasteiger partial charge in [-0.25, -0.2) is 4.98 Å². The number of rotatable bonds is 4. The van der Waals surface area contributed by atoms with E-state index in [4.69, 9.17) is 5.73 Å². The molecule has 0 saturated heterocycles. The Morgan fingerprint density at radius 1 is 1.42 bits per heavy atom. The van der Waals surface area contributed by atoms with Gasteiger partial charge in [-0.3, -0.25) is 0 Å². The molecule has 1 rings (SSSR count). The van der Waals surface area contributed by atoms with Crippen molar-refractivity contribution in [1.29, 1.82) is 0 Å². The van der Waals surface area contributed by atoms with Crippen LogP contribution in [0.5, 0.6) is 0 Å². The topological polar surface area (TPSA) is 63.0 Å². The number of nitrogens with zero attached hydrogens (tertiary/aromatic N) is 1. The van der Waals surface area contributed by atoms with E-state index in [9.17, 15) is 0 Å². The van der Waals surface area contributed by atoms with Crippen LogP contribution < -0.4 is 16.4 Å². The van der Waals surface area contributed by atoms with Crippen LogP contribution in [0.1, 0.15) is 0 Å². The summed E-state index contributed by atoms with van der Waals surface area (Å²) < 4.78 is 0. The summed E-state index contributed by atoms with van der Waals surface area (Å²) in [6.07, 6.45) is 0. The second kappa shape index (κ2) is 4.56. The van der Waals surface area contributed by atoms with Crippen molar-refractivity contribution >= 4 is 11.6 Å². The van der Waals surface area contributed by atoms with Gasteiger partial charge in [-0.15, -0.1) is 0 Å². The number of pyridine rings is 1. The fraction of sp³-hybridized carbons (Fsp3) is 0.375. The van der Waals surface area contributed by atoms with Gasteiger partial charge in [-0.05, 0) is 19.2 Å². The lowest BCUT2D eigenvalue weighted by Crippen LogP contribution is -2.18. The van der Waals surface area contributed by atoms with E-state index >= 15 is 0 Å². The number of nitrogens with two attached hydrogens (primary N) is 1. The van der Waals surface area contributed by atoms with Crippen LogP contribution in [0.15, 0.2) is 18.2 Å². The Morgan fingerprint density at radius 3 is 2.92 bits per heavy atom. The summed E-state index contributed by atoms with van der Waals surface area (Å²) in [7, 11) is 1.91. The van der Waals surface area contributed by atoms with Crippen molar-refractivity contribution < 1.29 is 0 Å². The molecular formula is C8H14N4. The largest absolute Gasteiger partial charge is 0.384 e. The zero-order chi connectivity index (χ0) is 8.81. The van der Waals surface area contributed by atoms with Crippen LogP contribution in [0.2, 0.25) is 0 Å². The Hall–Kier alpha value is -1.29. The van der Waals surface area contributed by atoms with Crippen molar-refractivity contribution in [1.82, 2.24) is 10.3 Å². The molecule has 66 valence electrons.